The minimum absolute atomic E-state index is 0.714. The van der Waals surface area contributed by atoms with Crippen molar-refractivity contribution < 1.29 is 0 Å². The van der Waals surface area contributed by atoms with Crippen LogP contribution >= 0.6 is 0 Å². The average molecular weight is 235 g/mol. The van der Waals surface area contributed by atoms with Crippen LogP contribution in [0, 0.1) is 0 Å². The predicted molar refractivity (Wildman–Crippen MR) is 72.9 cm³/mol. The zero-order valence-corrected chi connectivity index (χ0v) is 11.3. The maximum Gasteiger partial charge on any atom is 0.0541 e. The summed E-state index contributed by atoms with van der Waals surface area (Å²) >= 11 is 0. The first-order valence-corrected chi connectivity index (χ1v) is 6.58. The Hall–Kier alpha value is -0.930. The van der Waals surface area contributed by atoms with E-state index < -0.39 is 0 Å². The van der Waals surface area contributed by atoms with E-state index >= 15 is 0 Å². The van der Waals surface area contributed by atoms with Crippen LogP contribution in [0.3, 0.4) is 0 Å². The van der Waals surface area contributed by atoms with Gasteiger partial charge in [0.2, 0.25) is 0 Å². The fourth-order valence-corrected chi connectivity index (χ4v) is 2.07. The second-order valence-electron chi connectivity index (χ2n) is 4.45. The number of rotatable bonds is 8. The van der Waals surface area contributed by atoms with E-state index in [2.05, 4.69) is 42.2 Å². The lowest BCUT2D eigenvalue weighted by molar-refractivity contribution is 0.230. The third kappa shape index (κ3) is 5.29. The van der Waals surface area contributed by atoms with E-state index in [1.807, 2.05) is 18.3 Å². The molecule has 0 aliphatic heterocycles. The molecular weight excluding hydrogens is 210 g/mol. The summed E-state index contributed by atoms with van der Waals surface area (Å²) in [7, 11) is 2.21. The van der Waals surface area contributed by atoms with Gasteiger partial charge in [0.05, 0.1) is 5.69 Å². The highest BCUT2D eigenvalue weighted by atomic mass is 15.1. The topological polar surface area (TPSA) is 28.2 Å². The molecule has 0 radical (unpaired) electrons. The lowest BCUT2D eigenvalue weighted by Crippen LogP contribution is -2.36. The van der Waals surface area contributed by atoms with E-state index in [1.54, 1.807) is 0 Å². The van der Waals surface area contributed by atoms with Gasteiger partial charge in [0.15, 0.2) is 0 Å². The second kappa shape index (κ2) is 8.20. The lowest BCUT2D eigenvalue weighted by Gasteiger charge is -2.26. The average Bonchev–Trinajstić information content (AvgIpc) is 2.37. The Kier molecular flexibility index (Phi) is 6.82. The van der Waals surface area contributed by atoms with Gasteiger partial charge in [-0.2, -0.15) is 0 Å². The molecule has 0 bridgehead atoms. The maximum atomic E-state index is 4.29. The van der Waals surface area contributed by atoms with Gasteiger partial charge in [-0.3, -0.25) is 4.98 Å². The highest BCUT2D eigenvalue weighted by Gasteiger charge is 2.08. The molecule has 0 atom stereocenters. The molecule has 0 saturated heterocycles. The maximum absolute atomic E-state index is 4.29. The normalized spacial score (nSPS) is 11.4. The molecule has 0 amide bonds. The zero-order valence-electron chi connectivity index (χ0n) is 11.3. The van der Waals surface area contributed by atoms with Crippen LogP contribution in [0.15, 0.2) is 24.4 Å². The van der Waals surface area contributed by atoms with Crippen LogP contribution in [0.25, 0.3) is 0 Å². The summed E-state index contributed by atoms with van der Waals surface area (Å²) in [4.78, 5) is 6.72. The molecule has 1 aromatic heterocycles. The van der Waals surface area contributed by atoms with Crippen LogP contribution in [0.5, 0.6) is 0 Å². The molecule has 1 rings (SSSR count). The Balaban J connectivity index is 2.16. The molecule has 1 heterocycles. The van der Waals surface area contributed by atoms with Gasteiger partial charge in [0, 0.05) is 31.9 Å². The summed E-state index contributed by atoms with van der Waals surface area (Å²) in [5.41, 5.74) is 1.11. The molecular formula is C14H25N3. The highest BCUT2D eigenvalue weighted by Crippen LogP contribution is 2.04. The van der Waals surface area contributed by atoms with Crippen molar-refractivity contribution in [1.82, 2.24) is 15.2 Å². The largest absolute Gasteiger partial charge is 0.310 e. The quantitative estimate of drug-likeness (QED) is 0.701. The molecule has 0 unspecified atom stereocenters. The molecule has 1 N–H and O–H groups in total. The van der Waals surface area contributed by atoms with Crippen LogP contribution in [-0.2, 0) is 6.54 Å². The van der Waals surface area contributed by atoms with Crippen LogP contribution in [0.4, 0.5) is 0 Å². The smallest absolute Gasteiger partial charge is 0.0541 e. The Bertz CT molecular complexity index is 283. The molecule has 1 aromatic rings. The monoisotopic (exact) mass is 235 g/mol. The Morgan fingerprint density at radius 1 is 1.29 bits per heavy atom. The van der Waals surface area contributed by atoms with Gasteiger partial charge >= 0.3 is 0 Å². The van der Waals surface area contributed by atoms with Crippen LogP contribution in [0.2, 0.25) is 0 Å². The summed E-state index contributed by atoms with van der Waals surface area (Å²) in [6.45, 7) is 7.48. The predicted octanol–water partition coefficient (Wildman–Crippen LogP) is 2.29. The molecule has 96 valence electrons. The molecule has 0 spiro atoms. The van der Waals surface area contributed by atoms with Gasteiger partial charge in [-0.05, 0) is 32.0 Å². The number of pyridine rings is 1. The Morgan fingerprint density at radius 3 is 2.65 bits per heavy atom. The van der Waals surface area contributed by atoms with Crippen molar-refractivity contribution in [3.63, 3.8) is 0 Å². The summed E-state index contributed by atoms with van der Waals surface area (Å²) in [5.74, 6) is 0. The second-order valence-corrected chi connectivity index (χ2v) is 4.45. The molecule has 0 aliphatic carbocycles. The van der Waals surface area contributed by atoms with Crippen molar-refractivity contribution in [3.8, 4) is 0 Å². The first-order valence-electron chi connectivity index (χ1n) is 6.58. The number of nitrogens with zero attached hydrogens (tertiary/aromatic N) is 2. The Morgan fingerprint density at radius 2 is 2.06 bits per heavy atom. The van der Waals surface area contributed by atoms with E-state index in [-0.39, 0.29) is 0 Å². The van der Waals surface area contributed by atoms with Crippen LogP contribution in [-0.4, -0.2) is 36.1 Å². The summed E-state index contributed by atoms with van der Waals surface area (Å²) < 4.78 is 0. The molecule has 3 nitrogen and oxygen atoms in total. The van der Waals surface area contributed by atoms with Gasteiger partial charge in [-0.25, -0.2) is 0 Å². The van der Waals surface area contributed by atoms with E-state index in [4.69, 9.17) is 0 Å². The van der Waals surface area contributed by atoms with Crippen molar-refractivity contribution in [2.24, 2.45) is 0 Å². The minimum Gasteiger partial charge on any atom is -0.310 e. The summed E-state index contributed by atoms with van der Waals surface area (Å²) in [6.07, 6.45) is 4.30. The zero-order chi connectivity index (χ0) is 12.5. The van der Waals surface area contributed by atoms with Gasteiger partial charge in [-0.1, -0.05) is 19.9 Å². The number of nitrogens with one attached hydrogen (secondary N) is 1. The Labute approximate surface area is 105 Å². The highest BCUT2D eigenvalue weighted by molar-refractivity contribution is 5.02. The molecule has 0 aromatic carbocycles. The SMILES string of the molecule is CCC(CC)N(C)CCNCc1ccccn1. The van der Waals surface area contributed by atoms with E-state index in [0.717, 1.165) is 25.3 Å². The third-order valence-electron chi connectivity index (χ3n) is 3.24. The lowest BCUT2D eigenvalue weighted by atomic mass is 10.1. The third-order valence-corrected chi connectivity index (χ3v) is 3.24. The van der Waals surface area contributed by atoms with Gasteiger partial charge in [0.1, 0.15) is 0 Å². The van der Waals surface area contributed by atoms with Crippen LogP contribution in [0.1, 0.15) is 32.4 Å². The van der Waals surface area contributed by atoms with Gasteiger partial charge in [0.25, 0.3) is 0 Å². The molecule has 0 fully saturated rings. The molecule has 17 heavy (non-hydrogen) atoms. The molecule has 3 heteroatoms. The fraction of sp³-hybridized carbons (Fsp3) is 0.643. The van der Waals surface area contributed by atoms with E-state index in [0.29, 0.717) is 6.04 Å². The summed E-state index contributed by atoms with van der Waals surface area (Å²) in [6, 6.07) is 6.74. The number of aromatic nitrogens is 1. The van der Waals surface area contributed by atoms with Crippen LogP contribution < -0.4 is 5.32 Å². The number of likely N-dealkylation sites (N-methyl/N-ethyl adjacent to an activating group) is 1. The standard InChI is InChI=1S/C14H25N3/c1-4-14(5-2)17(3)11-10-15-12-13-8-6-7-9-16-13/h6-9,14-15H,4-5,10-12H2,1-3H3. The van der Waals surface area contributed by atoms with E-state index in [1.165, 1.54) is 12.8 Å². The molecule has 0 aliphatic rings. The minimum atomic E-state index is 0.714. The van der Waals surface area contributed by atoms with Crippen molar-refractivity contribution >= 4 is 0 Å². The number of hydrogen-bond acceptors (Lipinski definition) is 3. The van der Waals surface area contributed by atoms with Gasteiger partial charge in [-0.15, -0.1) is 0 Å². The van der Waals surface area contributed by atoms with Crippen molar-refractivity contribution in [2.75, 3.05) is 20.1 Å². The van der Waals surface area contributed by atoms with Crippen molar-refractivity contribution in [1.29, 1.82) is 0 Å². The number of hydrogen-bond donors (Lipinski definition) is 1. The van der Waals surface area contributed by atoms with E-state index in [9.17, 15) is 0 Å². The van der Waals surface area contributed by atoms with Crippen molar-refractivity contribution in [2.45, 2.75) is 39.3 Å². The molecule has 0 saturated carbocycles. The fourth-order valence-electron chi connectivity index (χ4n) is 2.07. The first-order chi connectivity index (χ1) is 8.27. The van der Waals surface area contributed by atoms with Gasteiger partial charge < -0.3 is 10.2 Å². The first kappa shape index (κ1) is 14.1. The van der Waals surface area contributed by atoms with Crippen molar-refractivity contribution in [3.05, 3.63) is 30.1 Å². The summed E-state index contributed by atoms with van der Waals surface area (Å²) in [5, 5.41) is 3.43.